The third-order valence-corrected chi connectivity index (χ3v) is 4.18. The van der Waals surface area contributed by atoms with Crippen LogP contribution < -0.4 is 11.1 Å². The predicted octanol–water partition coefficient (Wildman–Crippen LogP) is 3.73. The van der Waals surface area contributed by atoms with Crippen LogP contribution in [-0.2, 0) is 24.2 Å². The lowest BCUT2D eigenvalue weighted by Crippen LogP contribution is -2.14. The number of nitrogens with zero attached hydrogens (tertiary/aromatic N) is 2. The van der Waals surface area contributed by atoms with Gasteiger partial charge >= 0.3 is 0 Å². The van der Waals surface area contributed by atoms with Gasteiger partial charge in [0, 0.05) is 11.3 Å². The van der Waals surface area contributed by atoms with E-state index in [0.29, 0.717) is 30.5 Å². The van der Waals surface area contributed by atoms with E-state index in [0.717, 1.165) is 23.2 Å². The summed E-state index contributed by atoms with van der Waals surface area (Å²) < 4.78 is 0. The van der Waals surface area contributed by atoms with Crippen molar-refractivity contribution >= 4 is 24.0 Å². The minimum absolute atomic E-state index is 0. The predicted molar refractivity (Wildman–Crippen MR) is 114 cm³/mol. The standard InChI is InChI=1S/C21H25N5O.ClH/c1-14(2)11-15-3-5-16(6-4-15)12-20(27)23-18-9-7-17(8-10-18)21-24-19(13-22)25-26-21;/h3-10,14H,11-13,22H2,1-2H3,(H,23,27)(H,24,25,26);1H. The Morgan fingerprint density at radius 3 is 2.29 bits per heavy atom. The molecular weight excluding hydrogens is 374 g/mol. The third-order valence-electron chi connectivity index (χ3n) is 4.18. The van der Waals surface area contributed by atoms with Crippen LogP contribution in [0.5, 0.6) is 0 Å². The molecule has 2 aromatic carbocycles. The van der Waals surface area contributed by atoms with E-state index in [2.05, 4.69) is 46.5 Å². The zero-order valence-electron chi connectivity index (χ0n) is 16.1. The van der Waals surface area contributed by atoms with E-state index >= 15 is 0 Å². The molecule has 0 aliphatic rings. The maximum Gasteiger partial charge on any atom is 0.228 e. The first kappa shape index (κ1) is 21.6. The van der Waals surface area contributed by atoms with Crippen LogP contribution in [0, 0.1) is 5.92 Å². The van der Waals surface area contributed by atoms with Gasteiger partial charge < -0.3 is 11.1 Å². The lowest BCUT2D eigenvalue weighted by molar-refractivity contribution is -0.115. The van der Waals surface area contributed by atoms with Gasteiger partial charge in [-0.25, -0.2) is 4.98 Å². The smallest absolute Gasteiger partial charge is 0.228 e. The molecule has 0 saturated carbocycles. The van der Waals surface area contributed by atoms with Gasteiger partial charge in [-0.1, -0.05) is 38.1 Å². The van der Waals surface area contributed by atoms with Gasteiger partial charge in [0.2, 0.25) is 5.91 Å². The number of anilines is 1. The number of aromatic nitrogens is 3. The molecule has 3 rings (SSSR count). The van der Waals surface area contributed by atoms with Crippen molar-refractivity contribution in [2.75, 3.05) is 5.32 Å². The zero-order chi connectivity index (χ0) is 19.2. The third kappa shape index (κ3) is 5.90. The summed E-state index contributed by atoms with van der Waals surface area (Å²) in [6.07, 6.45) is 1.40. The Labute approximate surface area is 171 Å². The SMILES string of the molecule is CC(C)Cc1ccc(CC(=O)Nc2ccc(-c3n[nH]c(CN)n3)cc2)cc1.Cl. The summed E-state index contributed by atoms with van der Waals surface area (Å²) in [5.74, 6) is 1.82. The molecule has 1 amide bonds. The summed E-state index contributed by atoms with van der Waals surface area (Å²) in [6.45, 7) is 4.72. The lowest BCUT2D eigenvalue weighted by atomic mass is 10.0. The average molecular weight is 400 g/mol. The number of benzene rings is 2. The van der Waals surface area contributed by atoms with Crippen LogP contribution in [0.2, 0.25) is 0 Å². The molecule has 0 saturated heterocycles. The van der Waals surface area contributed by atoms with Gasteiger partial charge in [-0.2, -0.15) is 5.10 Å². The van der Waals surface area contributed by atoms with Crippen molar-refractivity contribution in [1.82, 2.24) is 15.2 Å². The van der Waals surface area contributed by atoms with Crippen molar-refractivity contribution in [3.05, 3.63) is 65.5 Å². The van der Waals surface area contributed by atoms with Crippen molar-refractivity contribution < 1.29 is 4.79 Å². The van der Waals surface area contributed by atoms with Crippen LogP contribution in [0.25, 0.3) is 11.4 Å². The Hall–Kier alpha value is -2.70. The quantitative estimate of drug-likeness (QED) is 0.563. The molecule has 0 fully saturated rings. The number of nitrogens with one attached hydrogen (secondary N) is 2. The second-order valence-electron chi connectivity index (χ2n) is 7.03. The summed E-state index contributed by atoms with van der Waals surface area (Å²) >= 11 is 0. The number of carbonyl (C=O) groups excluding carboxylic acids is 1. The van der Waals surface area contributed by atoms with Crippen LogP contribution in [0.1, 0.15) is 30.8 Å². The molecule has 0 aliphatic carbocycles. The van der Waals surface area contributed by atoms with Crippen molar-refractivity contribution in [3.8, 4) is 11.4 Å². The Bertz CT molecular complexity index is 888. The van der Waals surface area contributed by atoms with E-state index < -0.39 is 0 Å². The highest BCUT2D eigenvalue weighted by Crippen LogP contribution is 2.18. The number of amides is 1. The van der Waals surface area contributed by atoms with Gasteiger partial charge in [-0.3, -0.25) is 9.89 Å². The molecule has 0 spiro atoms. The number of rotatable bonds is 7. The molecular formula is C21H26ClN5O. The van der Waals surface area contributed by atoms with E-state index in [4.69, 9.17) is 5.73 Å². The maximum atomic E-state index is 12.3. The van der Waals surface area contributed by atoms with Crippen molar-refractivity contribution in [3.63, 3.8) is 0 Å². The van der Waals surface area contributed by atoms with E-state index in [1.807, 2.05) is 36.4 Å². The van der Waals surface area contributed by atoms with Gasteiger partial charge in [0.25, 0.3) is 0 Å². The molecule has 0 radical (unpaired) electrons. The Morgan fingerprint density at radius 2 is 1.71 bits per heavy atom. The molecule has 0 atom stereocenters. The molecule has 28 heavy (non-hydrogen) atoms. The molecule has 0 aliphatic heterocycles. The molecule has 0 bridgehead atoms. The van der Waals surface area contributed by atoms with Crippen molar-refractivity contribution in [2.45, 2.75) is 33.2 Å². The molecule has 1 heterocycles. The Morgan fingerprint density at radius 1 is 1.07 bits per heavy atom. The number of nitrogens with two attached hydrogens (primary N) is 1. The van der Waals surface area contributed by atoms with Crippen LogP contribution in [0.15, 0.2) is 48.5 Å². The summed E-state index contributed by atoms with van der Waals surface area (Å²) in [5.41, 5.74) is 9.45. The number of hydrogen-bond acceptors (Lipinski definition) is 4. The second-order valence-corrected chi connectivity index (χ2v) is 7.03. The number of halogens is 1. The summed E-state index contributed by atoms with van der Waals surface area (Å²) in [5, 5.41) is 9.84. The van der Waals surface area contributed by atoms with Gasteiger partial charge in [-0.05, 0) is 47.7 Å². The number of carbonyl (C=O) groups is 1. The van der Waals surface area contributed by atoms with E-state index in [9.17, 15) is 4.79 Å². The molecule has 0 unspecified atom stereocenters. The van der Waals surface area contributed by atoms with Crippen LogP contribution in [-0.4, -0.2) is 21.1 Å². The summed E-state index contributed by atoms with van der Waals surface area (Å²) in [6, 6.07) is 15.7. The van der Waals surface area contributed by atoms with Gasteiger partial charge in [0.05, 0.1) is 13.0 Å². The van der Waals surface area contributed by atoms with Gasteiger partial charge in [-0.15, -0.1) is 12.4 Å². The first-order valence-electron chi connectivity index (χ1n) is 9.13. The van der Waals surface area contributed by atoms with Gasteiger partial charge in [0.1, 0.15) is 5.82 Å². The number of hydrogen-bond donors (Lipinski definition) is 3. The topological polar surface area (TPSA) is 96.7 Å². The Balaban J connectivity index is 0.00000280. The maximum absolute atomic E-state index is 12.3. The Kier molecular flexibility index (Phi) is 7.72. The van der Waals surface area contributed by atoms with Crippen LogP contribution in [0.4, 0.5) is 5.69 Å². The monoisotopic (exact) mass is 399 g/mol. The highest BCUT2D eigenvalue weighted by Gasteiger charge is 2.07. The average Bonchev–Trinajstić information content (AvgIpc) is 3.13. The molecule has 6 nitrogen and oxygen atoms in total. The molecule has 1 aromatic heterocycles. The highest BCUT2D eigenvalue weighted by atomic mass is 35.5. The first-order chi connectivity index (χ1) is 13.0. The summed E-state index contributed by atoms with van der Waals surface area (Å²) in [4.78, 5) is 16.6. The molecule has 3 aromatic rings. The lowest BCUT2D eigenvalue weighted by Gasteiger charge is -2.08. The number of H-pyrrole nitrogens is 1. The zero-order valence-corrected chi connectivity index (χ0v) is 16.9. The fraction of sp³-hybridized carbons (Fsp3) is 0.286. The van der Waals surface area contributed by atoms with E-state index in [1.165, 1.54) is 5.56 Å². The molecule has 148 valence electrons. The fourth-order valence-corrected chi connectivity index (χ4v) is 2.87. The van der Waals surface area contributed by atoms with Crippen LogP contribution in [0.3, 0.4) is 0 Å². The minimum atomic E-state index is -0.0392. The van der Waals surface area contributed by atoms with E-state index in [1.54, 1.807) is 0 Å². The van der Waals surface area contributed by atoms with E-state index in [-0.39, 0.29) is 18.3 Å². The minimum Gasteiger partial charge on any atom is -0.326 e. The first-order valence-corrected chi connectivity index (χ1v) is 9.13. The normalized spacial score (nSPS) is 10.6. The molecule has 4 N–H and O–H groups in total. The largest absolute Gasteiger partial charge is 0.326 e. The molecule has 7 heteroatoms. The fourth-order valence-electron chi connectivity index (χ4n) is 2.87. The second kappa shape index (κ2) is 10.0. The van der Waals surface area contributed by atoms with Gasteiger partial charge in [0.15, 0.2) is 5.82 Å². The van der Waals surface area contributed by atoms with Crippen molar-refractivity contribution in [1.29, 1.82) is 0 Å². The van der Waals surface area contributed by atoms with Crippen molar-refractivity contribution in [2.24, 2.45) is 11.7 Å². The summed E-state index contributed by atoms with van der Waals surface area (Å²) in [7, 11) is 0. The number of aromatic amines is 1. The highest BCUT2D eigenvalue weighted by molar-refractivity contribution is 5.92. The van der Waals surface area contributed by atoms with Crippen LogP contribution >= 0.6 is 12.4 Å².